The number of likely N-dealkylation sites (tertiary alicyclic amines) is 1. The first kappa shape index (κ1) is 48.1. The highest BCUT2D eigenvalue weighted by Gasteiger charge is 2.46. The van der Waals surface area contributed by atoms with Crippen LogP contribution in [0.2, 0.25) is 0 Å². The molecule has 3 aromatic rings. The fourth-order valence-electron chi connectivity index (χ4n) is 7.68. The fourth-order valence-corrected chi connectivity index (χ4v) is 8.18. The number of hydrogen-bond acceptors (Lipinski definition) is 12. The topological polar surface area (TPSA) is 239 Å². The Morgan fingerprint density at radius 1 is 0.852 bits per heavy atom. The third-order valence-electron chi connectivity index (χ3n) is 10.8. The number of hydrogen-bond donors (Lipinski definition) is 4. The second kappa shape index (κ2) is 21.3. The van der Waals surface area contributed by atoms with Crippen molar-refractivity contribution in [3.63, 3.8) is 0 Å². The van der Waals surface area contributed by atoms with Gasteiger partial charge in [-0.05, 0) is 48.1 Å². The summed E-state index contributed by atoms with van der Waals surface area (Å²) in [7, 11) is 0. The van der Waals surface area contributed by atoms with Gasteiger partial charge in [0, 0.05) is 42.8 Å². The summed E-state index contributed by atoms with van der Waals surface area (Å²) in [6, 6.07) is 6.36. The number of carboxylic acids is 2. The molecule has 330 valence electrons. The molecular weight excluding hydrogens is 807 g/mol. The van der Waals surface area contributed by atoms with Gasteiger partial charge < -0.3 is 30.5 Å². The molecule has 3 amide bonds. The summed E-state index contributed by atoms with van der Waals surface area (Å²) in [5, 5.41) is 25.4. The number of aromatic nitrogens is 2. The zero-order valence-corrected chi connectivity index (χ0v) is 36.5. The van der Waals surface area contributed by atoms with Gasteiger partial charge in [0.15, 0.2) is 11.6 Å². The normalized spacial score (nSPS) is 17.4. The first-order valence-corrected chi connectivity index (χ1v) is 21.3. The number of Topliss-reactive ketones (excluding diaryl/α,β-unsaturated/α-hetero) is 2. The highest BCUT2D eigenvalue weighted by molar-refractivity contribution is 7.09. The summed E-state index contributed by atoms with van der Waals surface area (Å²) in [4.78, 5) is 117. The van der Waals surface area contributed by atoms with Gasteiger partial charge in [0.05, 0.1) is 34.8 Å². The fraction of sp³-hybridized carbons (Fsp3) is 0.545. The number of carbonyl (C=O) groups is 8. The van der Waals surface area contributed by atoms with E-state index in [0.717, 1.165) is 5.39 Å². The highest BCUT2D eigenvalue weighted by Crippen LogP contribution is 2.37. The molecule has 0 radical (unpaired) electrons. The molecule has 3 heterocycles. The van der Waals surface area contributed by atoms with Crippen molar-refractivity contribution < 1.29 is 53.3 Å². The molecule has 6 atom stereocenters. The lowest BCUT2D eigenvalue weighted by Gasteiger charge is -2.34. The predicted molar refractivity (Wildman–Crippen MR) is 225 cm³/mol. The molecule has 2 aromatic heterocycles. The number of pyridine rings is 1. The van der Waals surface area contributed by atoms with Crippen molar-refractivity contribution in [1.82, 2.24) is 25.5 Å². The van der Waals surface area contributed by atoms with Crippen LogP contribution in [0, 0.1) is 35.0 Å². The predicted octanol–water partition coefficient (Wildman–Crippen LogP) is 5.08. The molecule has 17 heteroatoms. The molecule has 61 heavy (non-hydrogen) atoms. The van der Waals surface area contributed by atoms with Crippen LogP contribution in [0.5, 0.6) is 0 Å². The van der Waals surface area contributed by atoms with Crippen LogP contribution in [0.4, 0.5) is 0 Å². The Hall–Kier alpha value is -5.58. The standard InChI is InChI=1S/C44H57N5O11S/c1-24(2)29(16-35(50)32-13-12-26-10-8-9-11-31(26)46-32)40(56)47-33(18-37(52)53)36(51)17-30(25(3)4)42(58)49-15-14-27(20-44(5,6)7)39(49)41(57)48-34(19-38(54)55)43(59)60-22-28-21-45-23-61-28/h8-13,21,23-25,27,29-30,33-34,39H,14-20,22H2,1-7H3,(H,47,56)(H,48,57)(H,52,53)(H,54,55)/t27-,29+,30+,33+,34+,39+/m1/s1. The van der Waals surface area contributed by atoms with Gasteiger partial charge in [0.2, 0.25) is 17.7 Å². The minimum absolute atomic E-state index is 0.125. The van der Waals surface area contributed by atoms with Crippen molar-refractivity contribution in [3.05, 3.63) is 58.7 Å². The molecule has 1 aromatic carbocycles. The number of rotatable bonds is 21. The minimum Gasteiger partial charge on any atom is -0.481 e. The third-order valence-corrected chi connectivity index (χ3v) is 11.6. The SMILES string of the molecule is CC(C)[C@H](CC(=O)c1ccc2ccccc2n1)C(=O)N[C@@H](CC(=O)O)C(=O)C[C@H](C(=O)N1CC[C@H](CC(C)(C)C)[C@H]1C(=O)N[C@@H](CC(=O)O)C(=O)OCc1cncs1)C(C)C. The maximum atomic E-state index is 14.5. The van der Waals surface area contributed by atoms with Gasteiger partial charge in [0.1, 0.15) is 24.4 Å². The average Bonchev–Trinajstić information content (AvgIpc) is 3.86. The maximum absolute atomic E-state index is 14.5. The van der Waals surface area contributed by atoms with E-state index in [0.29, 0.717) is 23.2 Å². The van der Waals surface area contributed by atoms with E-state index in [-0.39, 0.29) is 36.6 Å². The van der Waals surface area contributed by atoms with Gasteiger partial charge in [0.25, 0.3) is 0 Å². The van der Waals surface area contributed by atoms with E-state index in [2.05, 4.69) is 20.6 Å². The lowest BCUT2D eigenvalue weighted by Crippen LogP contribution is -2.55. The molecule has 1 saturated heterocycles. The number of esters is 1. The largest absolute Gasteiger partial charge is 0.481 e. The maximum Gasteiger partial charge on any atom is 0.329 e. The van der Waals surface area contributed by atoms with Crippen LogP contribution in [-0.2, 0) is 44.9 Å². The minimum atomic E-state index is -1.57. The monoisotopic (exact) mass is 863 g/mol. The summed E-state index contributed by atoms with van der Waals surface area (Å²) in [6.07, 6.45) is 0.115. The molecule has 0 bridgehead atoms. The number of amides is 3. The number of ether oxygens (including phenoxy) is 1. The third kappa shape index (κ3) is 13.7. The van der Waals surface area contributed by atoms with Crippen LogP contribution in [0.25, 0.3) is 10.9 Å². The Labute approximate surface area is 359 Å². The van der Waals surface area contributed by atoms with E-state index in [1.807, 2.05) is 32.9 Å². The highest BCUT2D eigenvalue weighted by atomic mass is 32.1. The number of benzene rings is 1. The van der Waals surface area contributed by atoms with Crippen molar-refractivity contribution in [1.29, 1.82) is 0 Å². The van der Waals surface area contributed by atoms with Crippen molar-refractivity contribution in [2.75, 3.05) is 6.54 Å². The second-order valence-electron chi connectivity index (χ2n) is 17.6. The molecule has 4 rings (SSSR count). The molecule has 1 fully saturated rings. The van der Waals surface area contributed by atoms with Gasteiger partial charge in [-0.15, -0.1) is 11.3 Å². The molecule has 0 unspecified atom stereocenters. The van der Waals surface area contributed by atoms with Crippen LogP contribution in [0.3, 0.4) is 0 Å². The lowest BCUT2D eigenvalue weighted by molar-refractivity contribution is -0.154. The Morgan fingerprint density at radius 3 is 2.11 bits per heavy atom. The van der Waals surface area contributed by atoms with E-state index in [4.69, 9.17) is 4.74 Å². The van der Waals surface area contributed by atoms with E-state index < -0.39 is 108 Å². The van der Waals surface area contributed by atoms with E-state index in [9.17, 15) is 48.6 Å². The smallest absolute Gasteiger partial charge is 0.329 e. The van der Waals surface area contributed by atoms with Crippen LogP contribution < -0.4 is 10.6 Å². The molecule has 0 spiro atoms. The van der Waals surface area contributed by atoms with Gasteiger partial charge in [-0.1, -0.05) is 72.7 Å². The zero-order chi connectivity index (χ0) is 45.2. The number of carboxylic acid groups (broad SMARTS) is 2. The number of nitrogens with one attached hydrogen (secondary N) is 2. The number of nitrogens with zero attached hydrogens (tertiary/aromatic N) is 3. The first-order valence-electron chi connectivity index (χ1n) is 20.5. The Kier molecular flexibility index (Phi) is 16.8. The molecule has 1 aliphatic rings. The summed E-state index contributed by atoms with van der Waals surface area (Å²) in [5.74, 6) is -10.1. The lowest BCUT2D eigenvalue weighted by atomic mass is 9.80. The van der Waals surface area contributed by atoms with Gasteiger partial charge in [-0.3, -0.25) is 38.5 Å². The Morgan fingerprint density at radius 2 is 1.51 bits per heavy atom. The van der Waals surface area contributed by atoms with Crippen molar-refractivity contribution in [2.45, 2.75) is 112 Å². The van der Waals surface area contributed by atoms with Gasteiger partial charge >= 0.3 is 17.9 Å². The molecule has 1 aliphatic heterocycles. The van der Waals surface area contributed by atoms with E-state index in [1.54, 1.807) is 57.5 Å². The van der Waals surface area contributed by atoms with Gasteiger partial charge in [-0.25, -0.2) is 9.78 Å². The van der Waals surface area contributed by atoms with Crippen LogP contribution in [0.1, 0.15) is 102 Å². The van der Waals surface area contributed by atoms with Crippen molar-refractivity contribution in [2.24, 2.45) is 35.0 Å². The number of thiazole rings is 1. The van der Waals surface area contributed by atoms with E-state index in [1.165, 1.54) is 22.4 Å². The van der Waals surface area contributed by atoms with E-state index >= 15 is 0 Å². The Balaban J connectivity index is 1.54. The van der Waals surface area contributed by atoms with Crippen molar-refractivity contribution >= 4 is 69.4 Å². The van der Waals surface area contributed by atoms with Crippen LogP contribution in [-0.4, -0.2) is 96.9 Å². The molecule has 4 N–H and O–H groups in total. The quantitative estimate of drug-likeness (QED) is 0.0808. The first-order chi connectivity index (χ1) is 28.6. The number of ketones is 2. The summed E-state index contributed by atoms with van der Waals surface area (Å²) in [6.45, 7) is 12.8. The molecular formula is C44H57N5O11S. The zero-order valence-electron chi connectivity index (χ0n) is 35.7. The summed E-state index contributed by atoms with van der Waals surface area (Å²) in [5.41, 5.74) is 2.02. The molecule has 0 aliphatic carbocycles. The summed E-state index contributed by atoms with van der Waals surface area (Å²) >= 11 is 1.23. The molecule has 0 saturated carbocycles. The summed E-state index contributed by atoms with van der Waals surface area (Å²) < 4.78 is 5.31. The number of para-hydroxylation sites is 1. The number of aliphatic carboxylic acids is 2. The Bertz CT molecular complexity index is 2080. The number of carbonyl (C=O) groups excluding carboxylic acids is 6. The molecule has 16 nitrogen and oxygen atoms in total. The second-order valence-corrected chi connectivity index (χ2v) is 18.5. The average molecular weight is 864 g/mol. The van der Waals surface area contributed by atoms with Crippen LogP contribution in [0.15, 0.2) is 48.1 Å². The van der Waals surface area contributed by atoms with Crippen molar-refractivity contribution in [3.8, 4) is 0 Å². The number of fused-ring (bicyclic) bond motifs is 1. The van der Waals surface area contributed by atoms with Crippen LogP contribution >= 0.6 is 11.3 Å². The van der Waals surface area contributed by atoms with Gasteiger partial charge in [-0.2, -0.15) is 0 Å².